The summed E-state index contributed by atoms with van der Waals surface area (Å²) in [6.45, 7) is 43.2. The van der Waals surface area contributed by atoms with E-state index < -0.39 is 0 Å². The number of benzene rings is 9. The third-order valence-electron chi connectivity index (χ3n) is 23.3. The largest absolute Gasteiger partial charge is 0.468 e. The van der Waals surface area contributed by atoms with Gasteiger partial charge in [0.05, 0.1) is 17.0 Å². The Morgan fingerprint density at radius 1 is 0.351 bits per heavy atom. The zero-order valence-corrected chi connectivity index (χ0v) is 59.4. The van der Waals surface area contributed by atoms with Crippen molar-refractivity contribution in [2.75, 3.05) is 19.6 Å². The molecule has 0 saturated heterocycles. The van der Waals surface area contributed by atoms with E-state index in [1.165, 1.54) is 72.5 Å². The fourth-order valence-electron chi connectivity index (χ4n) is 17.0. The molecule has 0 amide bonds. The summed E-state index contributed by atoms with van der Waals surface area (Å²) in [5.41, 5.74) is 29.2. The first-order valence-corrected chi connectivity index (χ1v) is 35.1. The van der Waals surface area contributed by atoms with E-state index in [1.807, 2.05) is 0 Å². The Kier molecular flexibility index (Phi) is 13.9. The van der Waals surface area contributed by atoms with Crippen molar-refractivity contribution < 1.29 is 4.42 Å². The van der Waals surface area contributed by atoms with Crippen LogP contribution in [0.1, 0.15) is 208 Å². The zero-order chi connectivity index (χ0) is 66.2. The van der Waals surface area contributed by atoms with Gasteiger partial charge >= 0.3 is 0 Å². The van der Waals surface area contributed by atoms with Gasteiger partial charge in [-0.25, -0.2) is 0 Å². The van der Waals surface area contributed by atoms with Crippen LogP contribution in [0.3, 0.4) is 0 Å². The number of anilines is 12. The van der Waals surface area contributed by atoms with Crippen LogP contribution in [0.2, 0.25) is 0 Å². The average Bonchev–Trinajstić information content (AvgIpc) is 1.23. The van der Waals surface area contributed by atoms with Crippen LogP contribution in [-0.2, 0) is 43.3 Å². The van der Waals surface area contributed by atoms with Gasteiger partial charge in [0.25, 0.3) is 6.71 Å². The summed E-state index contributed by atoms with van der Waals surface area (Å²) in [5.74, 6) is 0. The molecule has 0 atom stereocenters. The number of hydrogen-bond donors (Lipinski definition) is 0. The highest BCUT2D eigenvalue weighted by Crippen LogP contribution is 2.57. The smallest absolute Gasteiger partial charge is 0.297 e. The van der Waals surface area contributed by atoms with Gasteiger partial charge in [-0.1, -0.05) is 197 Å². The molecule has 0 saturated carbocycles. The van der Waals surface area contributed by atoms with Crippen LogP contribution in [0.4, 0.5) is 68.2 Å². The molecule has 2 aliphatic heterocycles. The monoisotopic (exact) mass is 1240 g/mol. The predicted octanol–water partition coefficient (Wildman–Crippen LogP) is 23.1. The van der Waals surface area contributed by atoms with Crippen LogP contribution in [0.15, 0.2) is 192 Å². The Balaban J connectivity index is 1.07. The molecule has 1 aromatic heterocycles. The number of nitrogens with zero attached hydrogens (tertiary/aromatic N) is 4. The van der Waals surface area contributed by atoms with Gasteiger partial charge in [-0.05, 0) is 253 Å². The second-order valence-corrected chi connectivity index (χ2v) is 34.7. The molecule has 3 aliphatic carbocycles. The molecule has 94 heavy (non-hydrogen) atoms. The summed E-state index contributed by atoms with van der Waals surface area (Å²) in [7, 11) is 0. The van der Waals surface area contributed by atoms with Crippen molar-refractivity contribution in [1.82, 2.24) is 0 Å². The van der Waals surface area contributed by atoms with E-state index >= 15 is 0 Å². The van der Waals surface area contributed by atoms with E-state index in [0.717, 1.165) is 106 Å². The molecule has 0 unspecified atom stereocenters. The van der Waals surface area contributed by atoms with E-state index in [9.17, 15) is 0 Å². The molecule has 0 bridgehead atoms. The van der Waals surface area contributed by atoms with Crippen molar-refractivity contribution in [3.05, 3.63) is 233 Å². The van der Waals surface area contributed by atoms with Gasteiger partial charge in [-0.15, -0.1) is 0 Å². The molecule has 3 heterocycles. The maximum atomic E-state index is 7.97. The minimum Gasteiger partial charge on any atom is -0.468 e. The molecule has 10 aromatic rings. The van der Waals surface area contributed by atoms with E-state index in [2.05, 4.69) is 332 Å². The lowest BCUT2D eigenvalue weighted by Gasteiger charge is -2.47. The Hall–Kier alpha value is -8.22. The average molecular weight is 1240 g/mol. The SMILES string of the molecule is CC(C)(C)c1ccc(N(c2ccccc2)c2ccc(N3c4cc(N(c5ccccc5)c5ccc(C(C)(C)C)cc5)cc5c4B(c4cc6c(cc4N5c4ccc5c(c4)C(C)(C)CCC5(C)C)C(C)(C)CCC6(C)C)c4oc5cc6c(cc5c43)C(C)(C)CCC6(C)C)cc2)cc1. The maximum Gasteiger partial charge on any atom is 0.297 e. The molecule has 0 radical (unpaired) electrons. The van der Waals surface area contributed by atoms with Gasteiger partial charge < -0.3 is 24.0 Å². The lowest BCUT2D eigenvalue weighted by atomic mass is 9.35. The molecule has 478 valence electrons. The van der Waals surface area contributed by atoms with Crippen molar-refractivity contribution in [2.45, 2.75) is 206 Å². The van der Waals surface area contributed by atoms with Crippen molar-refractivity contribution >= 4 is 103 Å². The van der Waals surface area contributed by atoms with Crippen LogP contribution >= 0.6 is 0 Å². The van der Waals surface area contributed by atoms with E-state index in [1.54, 1.807) is 0 Å². The molecule has 6 heteroatoms. The number of fused-ring (bicyclic) bond motifs is 9. The first-order valence-electron chi connectivity index (χ1n) is 35.1. The summed E-state index contributed by atoms with van der Waals surface area (Å²) < 4.78 is 7.97. The molecular weight excluding hydrogens is 1140 g/mol. The molecule has 0 fully saturated rings. The fourth-order valence-corrected chi connectivity index (χ4v) is 17.0. The van der Waals surface area contributed by atoms with Gasteiger partial charge in [-0.3, -0.25) is 0 Å². The minimum absolute atomic E-state index is 0.0169. The Labute approximate surface area is 562 Å². The number of rotatable bonds is 8. The van der Waals surface area contributed by atoms with Gasteiger partial charge in [0.2, 0.25) is 0 Å². The molecular formula is C88H97BN4O. The summed E-state index contributed by atoms with van der Waals surface area (Å²) in [6, 6.07) is 73.0. The third-order valence-corrected chi connectivity index (χ3v) is 23.3. The Morgan fingerprint density at radius 2 is 0.734 bits per heavy atom. The third kappa shape index (κ3) is 9.99. The van der Waals surface area contributed by atoms with E-state index in [-0.39, 0.29) is 50.0 Å². The first kappa shape index (κ1) is 61.9. The summed E-state index contributed by atoms with van der Waals surface area (Å²) in [4.78, 5) is 10.2. The summed E-state index contributed by atoms with van der Waals surface area (Å²) in [6.07, 6.45) is 6.75. The number of para-hydroxylation sites is 2. The highest BCUT2D eigenvalue weighted by Gasteiger charge is 2.51. The van der Waals surface area contributed by atoms with Crippen molar-refractivity contribution in [1.29, 1.82) is 0 Å². The van der Waals surface area contributed by atoms with Crippen molar-refractivity contribution in [2.24, 2.45) is 0 Å². The standard InChI is InChI=1S/C88H97BN4O/c1-81(2,3)56-29-33-60(34-30-56)90(58-25-21-19-22-26-58)62-37-39-63(40-38-62)93-76-51-65(91(59-27-23-20-24-28-59)61-35-31-57(32-36-61)82(4,5)6)50-75-78(76)89(80-79(93)66-52-69-72(55-77(66)94-80)88(17,18)48-45-85(69,11)12)73-53-70-71(87(15,16)47-46-86(70,13)14)54-74(73)92(75)64-41-42-67-68(49-64)84(9,10)44-43-83(67,7)8/h19-42,49-55H,43-48H2,1-18H3. The van der Waals surface area contributed by atoms with E-state index in [0.29, 0.717) is 0 Å². The minimum atomic E-state index is -0.249. The van der Waals surface area contributed by atoms with E-state index in [4.69, 9.17) is 4.42 Å². The number of hydrogen-bond acceptors (Lipinski definition) is 5. The van der Waals surface area contributed by atoms with Gasteiger partial charge in [0, 0.05) is 62.3 Å². The normalized spacial score (nSPS) is 18.3. The highest BCUT2D eigenvalue weighted by atomic mass is 16.3. The molecule has 0 spiro atoms. The van der Waals surface area contributed by atoms with Gasteiger partial charge in [0.1, 0.15) is 5.58 Å². The molecule has 5 nitrogen and oxygen atoms in total. The summed E-state index contributed by atoms with van der Waals surface area (Å²) in [5, 5.41) is 1.16. The molecule has 9 aromatic carbocycles. The molecule has 15 rings (SSSR count). The zero-order valence-electron chi connectivity index (χ0n) is 59.4. The first-order chi connectivity index (χ1) is 44.3. The summed E-state index contributed by atoms with van der Waals surface area (Å²) >= 11 is 0. The quantitative estimate of drug-likeness (QED) is 0.141. The maximum absolute atomic E-state index is 7.97. The topological polar surface area (TPSA) is 26.1 Å². The van der Waals surface area contributed by atoms with Gasteiger partial charge in [0.15, 0.2) is 0 Å². The highest BCUT2D eigenvalue weighted by molar-refractivity contribution is 7.00. The number of furan rings is 1. The van der Waals surface area contributed by atoms with Crippen LogP contribution in [-0.4, -0.2) is 6.71 Å². The second kappa shape index (κ2) is 21.1. The molecule has 5 aliphatic rings. The molecule has 0 N–H and O–H groups in total. The lowest BCUT2D eigenvalue weighted by Crippen LogP contribution is -2.61. The van der Waals surface area contributed by atoms with Crippen LogP contribution < -0.4 is 36.2 Å². The van der Waals surface area contributed by atoms with Crippen LogP contribution in [0, 0.1) is 0 Å². The Morgan fingerprint density at radius 3 is 1.21 bits per heavy atom. The van der Waals surface area contributed by atoms with Crippen molar-refractivity contribution in [3.63, 3.8) is 0 Å². The predicted molar refractivity (Wildman–Crippen MR) is 403 cm³/mol. The fraction of sp³-hybridized carbons (Fsp3) is 0.364. The van der Waals surface area contributed by atoms with Crippen molar-refractivity contribution in [3.8, 4) is 0 Å². The van der Waals surface area contributed by atoms with Crippen LogP contribution in [0.25, 0.3) is 11.0 Å². The Bertz CT molecular complexity index is 4630. The van der Waals surface area contributed by atoms with Gasteiger partial charge in [-0.2, -0.15) is 0 Å². The second-order valence-electron chi connectivity index (χ2n) is 34.7. The van der Waals surface area contributed by atoms with Crippen LogP contribution in [0.5, 0.6) is 0 Å². The lowest BCUT2D eigenvalue weighted by molar-refractivity contribution is 0.332.